The monoisotopic (exact) mass is 367 g/mol. The normalized spacial score (nSPS) is 21.5. The maximum Gasteiger partial charge on any atom is 0.226 e. The summed E-state index contributed by atoms with van der Waals surface area (Å²) in [6.07, 6.45) is 14.6. The van der Waals surface area contributed by atoms with Crippen molar-refractivity contribution in [2.75, 3.05) is 6.54 Å². The first-order valence-corrected chi connectivity index (χ1v) is 11.5. The van der Waals surface area contributed by atoms with Crippen LogP contribution in [0.4, 0.5) is 0 Å². The minimum absolute atomic E-state index is 0.169. The standard InChI is InChI=1S/C23H45NO2/c1-5-8-11-12-13-19(4)16-21-17-22(25)18-24(21)23(26)20(14-9-6-2)15-10-7-3/h19-22,25H,5-18H2,1-4H3. The number of carbonyl (C=O) groups is 1. The quantitative estimate of drug-likeness (QED) is 0.386. The molecule has 3 heteroatoms. The summed E-state index contributed by atoms with van der Waals surface area (Å²) in [5, 5.41) is 10.2. The molecule has 1 N–H and O–H groups in total. The molecule has 1 amide bonds. The van der Waals surface area contributed by atoms with Gasteiger partial charge in [-0.1, -0.05) is 85.5 Å². The molecule has 0 aliphatic carbocycles. The van der Waals surface area contributed by atoms with Gasteiger partial charge < -0.3 is 10.0 Å². The van der Waals surface area contributed by atoms with Crippen molar-refractivity contribution in [1.29, 1.82) is 0 Å². The smallest absolute Gasteiger partial charge is 0.226 e. The number of amides is 1. The summed E-state index contributed by atoms with van der Waals surface area (Å²) in [4.78, 5) is 15.3. The first kappa shape index (κ1) is 23.5. The average Bonchev–Trinajstić information content (AvgIpc) is 2.98. The van der Waals surface area contributed by atoms with E-state index in [0.717, 1.165) is 51.4 Å². The highest BCUT2D eigenvalue weighted by molar-refractivity contribution is 5.79. The first-order valence-electron chi connectivity index (χ1n) is 11.5. The molecule has 0 saturated carbocycles. The second kappa shape index (κ2) is 13.6. The number of unbranched alkanes of at least 4 members (excludes halogenated alkanes) is 5. The lowest BCUT2D eigenvalue weighted by atomic mass is 9.92. The maximum absolute atomic E-state index is 13.2. The van der Waals surface area contributed by atoms with E-state index in [0.29, 0.717) is 18.4 Å². The van der Waals surface area contributed by atoms with Gasteiger partial charge in [-0.3, -0.25) is 4.79 Å². The Bertz CT molecular complexity index is 363. The summed E-state index contributed by atoms with van der Waals surface area (Å²) in [5.74, 6) is 1.14. The zero-order valence-corrected chi connectivity index (χ0v) is 18.0. The fraction of sp³-hybridized carbons (Fsp3) is 0.957. The van der Waals surface area contributed by atoms with E-state index < -0.39 is 0 Å². The maximum atomic E-state index is 13.2. The van der Waals surface area contributed by atoms with Crippen LogP contribution in [0.5, 0.6) is 0 Å². The topological polar surface area (TPSA) is 40.5 Å². The Morgan fingerprint density at radius 2 is 1.58 bits per heavy atom. The number of hydrogen-bond donors (Lipinski definition) is 1. The molecule has 0 radical (unpaired) electrons. The van der Waals surface area contributed by atoms with Crippen molar-refractivity contribution in [2.24, 2.45) is 11.8 Å². The highest BCUT2D eigenvalue weighted by atomic mass is 16.3. The molecule has 1 fully saturated rings. The van der Waals surface area contributed by atoms with Crippen LogP contribution in [0.2, 0.25) is 0 Å². The number of β-amino-alcohol motifs (C(OH)–C–C–N with tert-alkyl or cyclic N) is 1. The second-order valence-electron chi connectivity index (χ2n) is 8.71. The van der Waals surface area contributed by atoms with Gasteiger partial charge in [0, 0.05) is 18.5 Å². The predicted octanol–water partition coefficient (Wildman–Crippen LogP) is 5.94. The highest BCUT2D eigenvalue weighted by Gasteiger charge is 2.37. The Hall–Kier alpha value is -0.570. The van der Waals surface area contributed by atoms with Crippen LogP contribution in [0, 0.1) is 11.8 Å². The summed E-state index contributed by atoms with van der Waals surface area (Å²) in [5.41, 5.74) is 0. The van der Waals surface area contributed by atoms with Crippen molar-refractivity contribution >= 4 is 5.91 Å². The number of likely N-dealkylation sites (tertiary alicyclic amines) is 1. The molecule has 1 aliphatic rings. The van der Waals surface area contributed by atoms with Gasteiger partial charge in [-0.25, -0.2) is 0 Å². The molecule has 3 unspecified atom stereocenters. The fourth-order valence-corrected chi connectivity index (χ4v) is 4.41. The molecule has 154 valence electrons. The summed E-state index contributed by atoms with van der Waals surface area (Å²) in [7, 11) is 0. The van der Waals surface area contributed by atoms with Crippen molar-refractivity contribution in [1.82, 2.24) is 4.90 Å². The Kier molecular flexibility index (Phi) is 12.3. The van der Waals surface area contributed by atoms with E-state index in [2.05, 4.69) is 32.6 Å². The van der Waals surface area contributed by atoms with Crippen molar-refractivity contribution in [3.05, 3.63) is 0 Å². The third kappa shape index (κ3) is 8.41. The van der Waals surface area contributed by atoms with Gasteiger partial charge in [0.25, 0.3) is 0 Å². The van der Waals surface area contributed by atoms with Crippen LogP contribution in [-0.4, -0.2) is 34.6 Å². The zero-order valence-electron chi connectivity index (χ0n) is 18.0. The molecule has 1 aliphatic heterocycles. The summed E-state index contributed by atoms with van der Waals surface area (Å²) in [6, 6.07) is 0.254. The molecule has 1 saturated heterocycles. The van der Waals surface area contributed by atoms with Gasteiger partial charge in [-0.15, -0.1) is 0 Å². The van der Waals surface area contributed by atoms with E-state index in [4.69, 9.17) is 0 Å². The van der Waals surface area contributed by atoms with Crippen LogP contribution < -0.4 is 0 Å². The van der Waals surface area contributed by atoms with Gasteiger partial charge in [-0.05, 0) is 31.6 Å². The SMILES string of the molecule is CCCCCCC(C)CC1CC(O)CN1C(=O)C(CCCC)CCCC. The Morgan fingerprint density at radius 3 is 2.15 bits per heavy atom. The summed E-state index contributed by atoms with van der Waals surface area (Å²) in [6.45, 7) is 9.53. The molecule has 3 atom stereocenters. The van der Waals surface area contributed by atoms with E-state index in [-0.39, 0.29) is 18.1 Å². The Morgan fingerprint density at radius 1 is 0.962 bits per heavy atom. The van der Waals surface area contributed by atoms with E-state index in [1.165, 1.54) is 32.1 Å². The van der Waals surface area contributed by atoms with Crippen LogP contribution in [0.3, 0.4) is 0 Å². The molecule has 26 heavy (non-hydrogen) atoms. The second-order valence-corrected chi connectivity index (χ2v) is 8.71. The lowest BCUT2D eigenvalue weighted by molar-refractivity contribution is -0.137. The Labute approximate surface area is 162 Å². The van der Waals surface area contributed by atoms with Crippen LogP contribution in [-0.2, 0) is 4.79 Å². The third-order valence-electron chi connectivity index (χ3n) is 6.06. The first-order chi connectivity index (χ1) is 12.5. The van der Waals surface area contributed by atoms with E-state index >= 15 is 0 Å². The van der Waals surface area contributed by atoms with Gasteiger partial charge in [0.2, 0.25) is 5.91 Å². The zero-order chi connectivity index (χ0) is 19.4. The molecule has 0 aromatic carbocycles. The molecule has 0 spiro atoms. The largest absolute Gasteiger partial charge is 0.391 e. The van der Waals surface area contributed by atoms with Gasteiger partial charge in [-0.2, -0.15) is 0 Å². The number of nitrogens with zero attached hydrogens (tertiary/aromatic N) is 1. The minimum atomic E-state index is -0.325. The van der Waals surface area contributed by atoms with E-state index in [1.807, 2.05) is 0 Å². The Balaban J connectivity index is 2.60. The molecular weight excluding hydrogens is 322 g/mol. The number of aliphatic hydroxyl groups excluding tert-OH is 1. The lowest BCUT2D eigenvalue weighted by Crippen LogP contribution is -2.41. The molecule has 0 aromatic rings. The van der Waals surface area contributed by atoms with Crippen LogP contribution >= 0.6 is 0 Å². The molecular formula is C23H45NO2. The lowest BCUT2D eigenvalue weighted by Gasteiger charge is -2.30. The number of carbonyl (C=O) groups excluding carboxylic acids is 1. The molecule has 1 rings (SSSR count). The van der Waals surface area contributed by atoms with Crippen molar-refractivity contribution in [3.63, 3.8) is 0 Å². The van der Waals surface area contributed by atoms with Gasteiger partial charge in [0.05, 0.1) is 6.10 Å². The minimum Gasteiger partial charge on any atom is -0.391 e. The summed E-state index contributed by atoms with van der Waals surface area (Å²) < 4.78 is 0. The van der Waals surface area contributed by atoms with Gasteiger partial charge >= 0.3 is 0 Å². The van der Waals surface area contributed by atoms with Crippen molar-refractivity contribution in [2.45, 2.75) is 123 Å². The van der Waals surface area contributed by atoms with E-state index in [9.17, 15) is 9.90 Å². The van der Waals surface area contributed by atoms with Crippen molar-refractivity contribution < 1.29 is 9.90 Å². The number of hydrogen-bond acceptors (Lipinski definition) is 2. The number of rotatable bonds is 14. The molecule has 0 aromatic heterocycles. The van der Waals surface area contributed by atoms with Crippen molar-refractivity contribution in [3.8, 4) is 0 Å². The van der Waals surface area contributed by atoms with Crippen LogP contribution in [0.15, 0.2) is 0 Å². The van der Waals surface area contributed by atoms with Gasteiger partial charge in [0.15, 0.2) is 0 Å². The number of aliphatic hydroxyl groups is 1. The average molecular weight is 368 g/mol. The van der Waals surface area contributed by atoms with E-state index in [1.54, 1.807) is 0 Å². The molecule has 0 bridgehead atoms. The highest BCUT2D eigenvalue weighted by Crippen LogP contribution is 2.30. The third-order valence-corrected chi connectivity index (χ3v) is 6.06. The van der Waals surface area contributed by atoms with Crippen LogP contribution in [0.1, 0.15) is 111 Å². The predicted molar refractivity (Wildman–Crippen MR) is 111 cm³/mol. The fourth-order valence-electron chi connectivity index (χ4n) is 4.41. The van der Waals surface area contributed by atoms with Crippen LogP contribution in [0.25, 0.3) is 0 Å². The van der Waals surface area contributed by atoms with Gasteiger partial charge in [0.1, 0.15) is 0 Å². The molecule has 1 heterocycles. The summed E-state index contributed by atoms with van der Waals surface area (Å²) >= 11 is 0. The molecule has 3 nitrogen and oxygen atoms in total.